The van der Waals surface area contributed by atoms with E-state index in [2.05, 4.69) is 22.9 Å². The lowest BCUT2D eigenvalue weighted by Gasteiger charge is -2.11. The van der Waals surface area contributed by atoms with E-state index in [4.69, 9.17) is 4.74 Å². The Morgan fingerprint density at radius 1 is 0.737 bits per heavy atom. The Kier molecular flexibility index (Phi) is 14.1. The molecule has 0 saturated carbocycles. The van der Waals surface area contributed by atoms with E-state index in [1.54, 1.807) is 0 Å². The van der Waals surface area contributed by atoms with Crippen molar-refractivity contribution in [1.82, 2.24) is 0 Å². The normalized spacial score (nSPS) is 10.9. The molecule has 38 heavy (non-hydrogen) atoms. The SMILES string of the molecule is CCCCCCCCCCCCCCOc1cccc(CC(=O)Nc2ccccc2C[n+]2ccccc2)c1. The molecule has 0 saturated heterocycles. The van der Waals surface area contributed by atoms with Crippen molar-refractivity contribution in [3.05, 3.63) is 90.3 Å². The third kappa shape index (κ3) is 11.9. The van der Waals surface area contributed by atoms with Crippen LogP contribution >= 0.6 is 0 Å². The number of nitrogens with zero attached hydrogens (tertiary/aromatic N) is 1. The van der Waals surface area contributed by atoms with Crippen molar-refractivity contribution in [3.63, 3.8) is 0 Å². The fourth-order valence-electron chi connectivity index (χ4n) is 4.77. The fourth-order valence-corrected chi connectivity index (χ4v) is 4.77. The second kappa shape index (κ2) is 18.2. The van der Waals surface area contributed by atoms with Crippen LogP contribution in [-0.2, 0) is 17.8 Å². The number of aromatic nitrogens is 1. The molecule has 3 aromatic rings. The van der Waals surface area contributed by atoms with Crippen LogP contribution in [0.15, 0.2) is 79.1 Å². The van der Waals surface area contributed by atoms with Gasteiger partial charge in [0, 0.05) is 17.7 Å². The number of anilines is 1. The predicted molar refractivity (Wildman–Crippen MR) is 158 cm³/mol. The largest absolute Gasteiger partial charge is 0.494 e. The number of amides is 1. The minimum atomic E-state index is -0.0198. The van der Waals surface area contributed by atoms with Gasteiger partial charge in [-0.3, -0.25) is 4.79 Å². The number of pyridine rings is 1. The maximum atomic E-state index is 12.8. The molecule has 0 spiro atoms. The van der Waals surface area contributed by atoms with E-state index in [-0.39, 0.29) is 5.91 Å². The summed E-state index contributed by atoms with van der Waals surface area (Å²) in [7, 11) is 0. The third-order valence-corrected chi connectivity index (χ3v) is 6.95. The maximum Gasteiger partial charge on any atom is 0.228 e. The van der Waals surface area contributed by atoms with E-state index in [1.165, 1.54) is 70.6 Å². The third-order valence-electron chi connectivity index (χ3n) is 6.95. The standard InChI is InChI=1S/C34H46N2O2/c1-2-3-4-5-6-7-8-9-10-11-12-18-26-38-32-22-19-20-30(27-32)28-34(37)35-33-23-15-14-21-31(33)29-36-24-16-13-17-25-36/h13-17,19-25,27H,2-12,18,26,28-29H2,1H3/p+1. The number of ether oxygens (including phenoxy) is 1. The summed E-state index contributed by atoms with van der Waals surface area (Å²) < 4.78 is 8.09. The van der Waals surface area contributed by atoms with Crippen LogP contribution in [0.1, 0.15) is 95.1 Å². The van der Waals surface area contributed by atoms with Crippen molar-refractivity contribution >= 4 is 11.6 Å². The molecule has 1 N–H and O–H groups in total. The van der Waals surface area contributed by atoms with Crippen LogP contribution in [0.3, 0.4) is 0 Å². The average Bonchev–Trinajstić information content (AvgIpc) is 2.93. The Hall–Kier alpha value is -3.14. The highest BCUT2D eigenvalue weighted by molar-refractivity contribution is 5.93. The van der Waals surface area contributed by atoms with E-state index in [9.17, 15) is 4.79 Å². The Morgan fingerprint density at radius 2 is 1.39 bits per heavy atom. The first-order valence-corrected chi connectivity index (χ1v) is 14.8. The Morgan fingerprint density at radius 3 is 2.11 bits per heavy atom. The van der Waals surface area contributed by atoms with Gasteiger partial charge < -0.3 is 10.1 Å². The molecule has 3 rings (SSSR count). The number of hydrogen-bond acceptors (Lipinski definition) is 2. The van der Waals surface area contributed by atoms with Gasteiger partial charge in [-0.2, -0.15) is 0 Å². The number of carbonyl (C=O) groups excluding carboxylic acids is 1. The number of nitrogens with one attached hydrogen (secondary N) is 1. The van der Waals surface area contributed by atoms with Gasteiger partial charge >= 0.3 is 0 Å². The van der Waals surface area contributed by atoms with Gasteiger partial charge in [-0.15, -0.1) is 0 Å². The Bertz CT molecular complexity index is 1050. The molecule has 0 atom stereocenters. The zero-order valence-corrected chi connectivity index (χ0v) is 23.4. The van der Waals surface area contributed by atoms with E-state index in [0.29, 0.717) is 13.0 Å². The van der Waals surface area contributed by atoms with Crippen LogP contribution in [0.5, 0.6) is 5.75 Å². The number of para-hydroxylation sites is 1. The molecule has 0 bridgehead atoms. The fraction of sp³-hybridized carbons (Fsp3) is 0.471. The predicted octanol–water partition coefficient (Wildman–Crippen LogP) is 8.28. The van der Waals surface area contributed by atoms with Gasteiger partial charge in [0.15, 0.2) is 18.9 Å². The van der Waals surface area contributed by atoms with E-state index < -0.39 is 0 Å². The number of benzene rings is 2. The van der Waals surface area contributed by atoms with E-state index in [1.807, 2.05) is 73.1 Å². The zero-order valence-electron chi connectivity index (χ0n) is 23.4. The molecule has 1 amide bonds. The molecule has 0 radical (unpaired) electrons. The summed E-state index contributed by atoms with van der Waals surface area (Å²) in [5, 5.41) is 3.10. The van der Waals surface area contributed by atoms with Crippen LogP contribution in [0.4, 0.5) is 5.69 Å². The maximum absolute atomic E-state index is 12.8. The summed E-state index contributed by atoms with van der Waals surface area (Å²) in [5.74, 6) is 0.827. The summed E-state index contributed by atoms with van der Waals surface area (Å²) >= 11 is 0. The zero-order chi connectivity index (χ0) is 26.7. The lowest BCUT2D eigenvalue weighted by molar-refractivity contribution is -0.688. The molecule has 0 aliphatic heterocycles. The molecule has 4 nitrogen and oxygen atoms in total. The lowest BCUT2D eigenvalue weighted by atomic mass is 10.1. The van der Waals surface area contributed by atoms with Crippen molar-refractivity contribution < 1.29 is 14.1 Å². The molecule has 204 valence electrons. The molecule has 1 heterocycles. The molecule has 0 unspecified atom stereocenters. The first kappa shape index (κ1) is 29.4. The first-order chi connectivity index (χ1) is 18.7. The van der Waals surface area contributed by atoms with Crippen LogP contribution in [0.2, 0.25) is 0 Å². The molecule has 0 aliphatic rings. The number of hydrogen-bond donors (Lipinski definition) is 1. The highest BCUT2D eigenvalue weighted by Gasteiger charge is 2.11. The number of rotatable bonds is 19. The van der Waals surface area contributed by atoms with Gasteiger partial charge in [0.2, 0.25) is 5.91 Å². The molecular formula is C34H47N2O2+. The summed E-state index contributed by atoms with van der Waals surface area (Å²) in [6.45, 7) is 3.72. The molecule has 1 aromatic heterocycles. The summed E-state index contributed by atoms with van der Waals surface area (Å²) in [6.07, 6.45) is 20.4. The Labute approximate surface area is 230 Å². The highest BCUT2D eigenvalue weighted by atomic mass is 16.5. The smallest absolute Gasteiger partial charge is 0.228 e. The summed E-state index contributed by atoms with van der Waals surface area (Å²) in [6, 6.07) is 21.9. The van der Waals surface area contributed by atoms with Gasteiger partial charge in [-0.05, 0) is 30.2 Å². The van der Waals surface area contributed by atoms with Crippen molar-refractivity contribution in [2.45, 2.75) is 96.9 Å². The molecule has 2 aromatic carbocycles. The quantitative estimate of drug-likeness (QED) is 0.129. The van der Waals surface area contributed by atoms with Crippen molar-refractivity contribution in [3.8, 4) is 5.75 Å². The van der Waals surface area contributed by atoms with Gasteiger partial charge in [-0.25, -0.2) is 4.57 Å². The molecule has 0 fully saturated rings. The minimum absolute atomic E-state index is 0.0198. The summed E-state index contributed by atoms with van der Waals surface area (Å²) in [5.41, 5.74) is 2.90. The van der Waals surface area contributed by atoms with Crippen LogP contribution in [-0.4, -0.2) is 12.5 Å². The van der Waals surface area contributed by atoms with Crippen molar-refractivity contribution in [1.29, 1.82) is 0 Å². The monoisotopic (exact) mass is 515 g/mol. The summed E-state index contributed by atoms with van der Waals surface area (Å²) in [4.78, 5) is 12.8. The van der Waals surface area contributed by atoms with Gasteiger partial charge in [0.25, 0.3) is 0 Å². The van der Waals surface area contributed by atoms with Gasteiger partial charge in [0.1, 0.15) is 5.75 Å². The highest BCUT2D eigenvalue weighted by Crippen LogP contribution is 2.18. The topological polar surface area (TPSA) is 42.2 Å². The van der Waals surface area contributed by atoms with E-state index >= 15 is 0 Å². The average molecular weight is 516 g/mol. The van der Waals surface area contributed by atoms with Gasteiger partial charge in [0.05, 0.1) is 18.7 Å². The molecule has 0 aliphatic carbocycles. The van der Waals surface area contributed by atoms with E-state index in [0.717, 1.165) is 35.6 Å². The van der Waals surface area contributed by atoms with Crippen LogP contribution in [0, 0.1) is 0 Å². The minimum Gasteiger partial charge on any atom is -0.494 e. The van der Waals surface area contributed by atoms with Crippen LogP contribution in [0.25, 0.3) is 0 Å². The molecular weight excluding hydrogens is 468 g/mol. The van der Waals surface area contributed by atoms with Crippen LogP contribution < -0.4 is 14.6 Å². The second-order valence-corrected chi connectivity index (χ2v) is 10.3. The number of unbranched alkanes of at least 4 members (excludes halogenated alkanes) is 11. The molecule has 4 heteroatoms. The second-order valence-electron chi connectivity index (χ2n) is 10.3. The van der Waals surface area contributed by atoms with Crippen molar-refractivity contribution in [2.75, 3.05) is 11.9 Å². The van der Waals surface area contributed by atoms with Crippen molar-refractivity contribution in [2.24, 2.45) is 0 Å². The Balaban J connectivity index is 1.32. The first-order valence-electron chi connectivity index (χ1n) is 14.8. The lowest BCUT2D eigenvalue weighted by Crippen LogP contribution is -2.33. The number of carbonyl (C=O) groups is 1. The van der Waals surface area contributed by atoms with Gasteiger partial charge in [-0.1, -0.05) is 114 Å².